The fraction of sp³-hybridized carbons (Fsp3) is 0.588. The quantitative estimate of drug-likeness (QED) is 0.493. The number of guanidine groups is 1. The predicted molar refractivity (Wildman–Crippen MR) is 93.2 cm³/mol. The largest absolute Gasteiger partial charge is 0.356 e. The zero-order valence-corrected chi connectivity index (χ0v) is 14.1. The topological polar surface area (TPSA) is 27.6 Å². The SMILES string of the molecule is CN=C(NCCC1=CCCCC1)N(C)CCc1cccs1. The second-order valence-electron chi connectivity index (χ2n) is 5.58. The monoisotopic (exact) mass is 305 g/mol. The zero-order chi connectivity index (χ0) is 14.9. The molecule has 0 aromatic carbocycles. The fourth-order valence-electron chi connectivity index (χ4n) is 2.69. The highest BCUT2D eigenvalue weighted by Crippen LogP contribution is 2.19. The van der Waals surface area contributed by atoms with Crippen LogP contribution in [0, 0.1) is 0 Å². The maximum Gasteiger partial charge on any atom is 0.193 e. The number of aliphatic imine (C=N–C) groups is 1. The summed E-state index contributed by atoms with van der Waals surface area (Å²) in [5, 5.41) is 5.62. The van der Waals surface area contributed by atoms with Crippen LogP contribution in [0.3, 0.4) is 0 Å². The Labute approximate surface area is 132 Å². The van der Waals surface area contributed by atoms with Gasteiger partial charge in [0.25, 0.3) is 0 Å². The van der Waals surface area contributed by atoms with Gasteiger partial charge in [-0.05, 0) is 50.0 Å². The van der Waals surface area contributed by atoms with E-state index in [0.717, 1.165) is 31.9 Å². The molecule has 0 spiro atoms. The summed E-state index contributed by atoms with van der Waals surface area (Å²) in [6.45, 7) is 1.99. The van der Waals surface area contributed by atoms with E-state index < -0.39 is 0 Å². The van der Waals surface area contributed by atoms with E-state index in [0.29, 0.717) is 0 Å². The van der Waals surface area contributed by atoms with Crippen molar-refractivity contribution in [2.75, 3.05) is 27.2 Å². The Morgan fingerprint density at radius 2 is 2.29 bits per heavy atom. The summed E-state index contributed by atoms with van der Waals surface area (Å²) in [7, 11) is 3.98. The average Bonchev–Trinajstić information content (AvgIpc) is 3.04. The van der Waals surface area contributed by atoms with Crippen molar-refractivity contribution < 1.29 is 0 Å². The van der Waals surface area contributed by atoms with E-state index in [1.54, 1.807) is 5.57 Å². The summed E-state index contributed by atoms with van der Waals surface area (Å²) >= 11 is 1.83. The molecule has 1 aromatic heterocycles. The Morgan fingerprint density at radius 3 is 2.95 bits per heavy atom. The molecule has 1 aliphatic carbocycles. The van der Waals surface area contributed by atoms with Crippen LogP contribution in [0.4, 0.5) is 0 Å². The number of nitrogens with zero attached hydrogens (tertiary/aromatic N) is 2. The minimum absolute atomic E-state index is 0.988. The lowest BCUT2D eigenvalue weighted by atomic mass is 9.97. The number of allylic oxidation sites excluding steroid dienone is 1. The third-order valence-corrected chi connectivity index (χ3v) is 4.90. The first-order valence-electron chi connectivity index (χ1n) is 7.91. The molecule has 0 saturated carbocycles. The third kappa shape index (κ3) is 5.54. The summed E-state index contributed by atoms with van der Waals surface area (Å²) in [5.41, 5.74) is 1.62. The Balaban J connectivity index is 1.70. The summed E-state index contributed by atoms with van der Waals surface area (Å²) < 4.78 is 0. The van der Waals surface area contributed by atoms with Crippen molar-refractivity contribution in [1.29, 1.82) is 0 Å². The second-order valence-corrected chi connectivity index (χ2v) is 6.62. The molecule has 1 heterocycles. The smallest absolute Gasteiger partial charge is 0.193 e. The maximum atomic E-state index is 4.39. The van der Waals surface area contributed by atoms with Crippen LogP contribution in [0.1, 0.15) is 37.0 Å². The maximum absolute atomic E-state index is 4.39. The van der Waals surface area contributed by atoms with Crippen LogP contribution in [0.15, 0.2) is 34.2 Å². The summed E-state index contributed by atoms with van der Waals surface area (Å²) in [6.07, 6.45) is 9.94. The summed E-state index contributed by atoms with van der Waals surface area (Å²) in [6, 6.07) is 4.31. The average molecular weight is 305 g/mol. The highest BCUT2D eigenvalue weighted by atomic mass is 32.1. The first-order valence-corrected chi connectivity index (χ1v) is 8.79. The molecule has 0 amide bonds. The molecule has 0 aliphatic heterocycles. The molecule has 1 aromatic rings. The van der Waals surface area contributed by atoms with Gasteiger partial charge < -0.3 is 10.2 Å². The molecule has 4 heteroatoms. The number of likely N-dealkylation sites (N-methyl/N-ethyl adjacent to an activating group) is 1. The lowest BCUT2D eigenvalue weighted by Crippen LogP contribution is -2.40. The van der Waals surface area contributed by atoms with Crippen molar-refractivity contribution in [1.82, 2.24) is 10.2 Å². The van der Waals surface area contributed by atoms with Gasteiger partial charge in [-0.25, -0.2) is 0 Å². The normalized spacial score (nSPS) is 15.7. The fourth-order valence-corrected chi connectivity index (χ4v) is 3.39. The van der Waals surface area contributed by atoms with E-state index >= 15 is 0 Å². The van der Waals surface area contributed by atoms with E-state index in [1.165, 1.54) is 30.6 Å². The standard InChI is InChI=1S/C17H27N3S/c1-18-17(19-12-10-15-7-4-3-5-8-15)20(2)13-11-16-9-6-14-21-16/h6-7,9,14H,3-5,8,10-13H2,1-2H3,(H,18,19). The molecule has 0 atom stereocenters. The molecule has 3 nitrogen and oxygen atoms in total. The molecule has 0 saturated heterocycles. The minimum atomic E-state index is 0.988. The number of hydrogen-bond donors (Lipinski definition) is 1. The van der Waals surface area contributed by atoms with Crippen LogP contribution >= 0.6 is 11.3 Å². The van der Waals surface area contributed by atoms with Crippen molar-refractivity contribution >= 4 is 17.3 Å². The molecular formula is C17H27N3S. The highest BCUT2D eigenvalue weighted by molar-refractivity contribution is 7.09. The van der Waals surface area contributed by atoms with Gasteiger partial charge in [0.2, 0.25) is 0 Å². The van der Waals surface area contributed by atoms with E-state index in [-0.39, 0.29) is 0 Å². The summed E-state index contributed by atoms with van der Waals surface area (Å²) in [5.74, 6) is 1.00. The van der Waals surface area contributed by atoms with Crippen LogP contribution in [-0.4, -0.2) is 38.0 Å². The first-order chi connectivity index (χ1) is 10.3. The van der Waals surface area contributed by atoms with Crippen molar-refractivity contribution in [2.24, 2.45) is 4.99 Å². The lowest BCUT2D eigenvalue weighted by Gasteiger charge is -2.22. The number of hydrogen-bond acceptors (Lipinski definition) is 2. The third-order valence-electron chi connectivity index (χ3n) is 3.96. The van der Waals surface area contributed by atoms with E-state index in [2.05, 4.69) is 45.8 Å². The van der Waals surface area contributed by atoms with E-state index in [4.69, 9.17) is 0 Å². The molecule has 0 unspecified atom stereocenters. The van der Waals surface area contributed by atoms with Crippen molar-refractivity contribution in [2.45, 2.75) is 38.5 Å². The number of nitrogens with one attached hydrogen (secondary N) is 1. The van der Waals surface area contributed by atoms with Crippen LogP contribution in [0.25, 0.3) is 0 Å². The van der Waals surface area contributed by atoms with Gasteiger partial charge in [-0.1, -0.05) is 17.7 Å². The Morgan fingerprint density at radius 1 is 1.38 bits per heavy atom. The van der Waals surface area contributed by atoms with Gasteiger partial charge in [-0.2, -0.15) is 0 Å². The van der Waals surface area contributed by atoms with Gasteiger partial charge >= 0.3 is 0 Å². The van der Waals surface area contributed by atoms with Crippen molar-refractivity contribution in [3.8, 4) is 0 Å². The predicted octanol–water partition coefficient (Wildman–Crippen LogP) is 3.69. The summed E-state index contributed by atoms with van der Waals surface area (Å²) in [4.78, 5) is 8.04. The molecule has 1 N–H and O–H groups in total. The molecule has 21 heavy (non-hydrogen) atoms. The van der Waals surface area contributed by atoms with Crippen molar-refractivity contribution in [3.05, 3.63) is 34.0 Å². The van der Waals surface area contributed by atoms with E-state index in [1.807, 2.05) is 18.4 Å². The van der Waals surface area contributed by atoms with Gasteiger partial charge in [0.1, 0.15) is 0 Å². The van der Waals surface area contributed by atoms with Crippen molar-refractivity contribution in [3.63, 3.8) is 0 Å². The van der Waals surface area contributed by atoms with Gasteiger partial charge in [0, 0.05) is 32.1 Å². The molecule has 0 fully saturated rings. The molecule has 0 radical (unpaired) electrons. The van der Waals surface area contributed by atoms with Gasteiger partial charge in [0.05, 0.1) is 0 Å². The van der Waals surface area contributed by atoms with Crippen LogP contribution in [-0.2, 0) is 6.42 Å². The first kappa shape index (κ1) is 16.1. The van der Waals surface area contributed by atoms with Gasteiger partial charge in [-0.15, -0.1) is 11.3 Å². The number of rotatable bonds is 6. The Hall–Kier alpha value is -1.29. The van der Waals surface area contributed by atoms with Gasteiger partial charge in [-0.3, -0.25) is 4.99 Å². The molecular weight excluding hydrogens is 278 g/mol. The molecule has 116 valence electrons. The molecule has 2 rings (SSSR count). The van der Waals surface area contributed by atoms with Crippen LogP contribution in [0.5, 0.6) is 0 Å². The minimum Gasteiger partial charge on any atom is -0.356 e. The highest BCUT2D eigenvalue weighted by Gasteiger charge is 2.07. The van der Waals surface area contributed by atoms with Crippen LogP contribution in [0.2, 0.25) is 0 Å². The lowest BCUT2D eigenvalue weighted by molar-refractivity contribution is 0.486. The Kier molecular flexibility index (Phi) is 6.80. The molecule has 0 bridgehead atoms. The number of thiophene rings is 1. The molecule has 1 aliphatic rings. The zero-order valence-electron chi connectivity index (χ0n) is 13.3. The van der Waals surface area contributed by atoms with Crippen LogP contribution < -0.4 is 5.32 Å². The Bertz CT molecular complexity index is 462. The van der Waals surface area contributed by atoms with Gasteiger partial charge in [0.15, 0.2) is 5.96 Å². The second kappa shape index (κ2) is 8.88. The van der Waals surface area contributed by atoms with E-state index in [9.17, 15) is 0 Å².